The molecule has 0 fully saturated rings. The molecule has 3 N–H and O–H groups in total. The molecule has 0 unspecified atom stereocenters. The average Bonchev–Trinajstić information content (AvgIpc) is 2.74. The van der Waals surface area contributed by atoms with Gasteiger partial charge in [0.15, 0.2) is 5.78 Å². The van der Waals surface area contributed by atoms with Gasteiger partial charge in [0, 0.05) is 30.1 Å². The van der Waals surface area contributed by atoms with E-state index in [9.17, 15) is 9.59 Å². The van der Waals surface area contributed by atoms with Crippen molar-refractivity contribution in [3.8, 4) is 0 Å². The third kappa shape index (κ3) is 2.35. The molecular weight excluding hydrogens is 244 g/mol. The Morgan fingerprint density at radius 3 is 2.53 bits per heavy atom. The minimum Gasteiger partial charge on any atom is -0.477 e. The van der Waals surface area contributed by atoms with Crippen LogP contribution in [0.2, 0.25) is 0 Å². The molecule has 0 atom stereocenters. The molecule has 1 aromatic carbocycles. The summed E-state index contributed by atoms with van der Waals surface area (Å²) in [7, 11) is 1.59. The Morgan fingerprint density at radius 2 is 1.95 bits per heavy atom. The minimum atomic E-state index is -1.06. The van der Waals surface area contributed by atoms with Crippen molar-refractivity contribution >= 4 is 17.4 Å². The number of nitrogen functional groups attached to an aromatic ring is 1. The third-order valence-corrected chi connectivity index (χ3v) is 2.99. The van der Waals surface area contributed by atoms with Crippen LogP contribution in [0.4, 0.5) is 5.69 Å². The van der Waals surface area contributed by atoms with E-state index in [1.807, 2.05) is 6.92 Å². The van der Waals surface area contributed by atoms with Crippen LogP contribution < -0.4 is 5.73 Å². The van der Waals surface area contributed by atoms with Crippen molar-refractivity contribution in [3.05, 3.63) is 52.8 Å². The molecule has 0 aliphatic carbocycles. The van der Waals surface area contributed by atoms with Crippen molar-refractivity contribution < 1.29 is 14.7 Å². The van der Waals surface area contributed by atoms with E-state index in [0.29, 0.717) is 16.8 Å². The molecule has 5 nitrogen and oxygen atoms in total. The molecule has 0 radical (unpaired) electrons. The summed E-state index contributed by atoms with van der Waals surface area (Å²) >= 11 is 0. The topological polar surface area (TPSA) is 85.3 Å². The third-order valence-electron chi connectivity index (χ3n) is 2.99. The van der Waals surface area contributed by atoms with E-state index in [4.69, 9.17) is 10.8 Å². The summed E-state index contributed by atoms with van der Waals surface area (Å²) in [6.45, 7) is 1.81. The number of aryl methyl sites for hydroxylation is 2. The molecule has 5 heteroatoms. The van der Waals surface area contributed by atoms with Crippen LogP contribution in [0.1, 0.15) is 32.0 Å². The van der Waals surface area contributed by atoms with Crippen molar-refractivity contribution in [2.24, 2.45) is 7.05 Å². The number of nitrogens with zero attached hydrogens (tertiary/aromatic N) is 1. The van der Waals surface area contributed by atoms with Crippen molar-refractivity contribution in [1.82, 2.24) is 4.57 Å². The Kier molecular flexibility index (Phi) is 3.12. The highest BCUT2D eigenvalue weighted by Gasteiger charge is 2.17. The van der Waals surface area contributed by atoms with Gasteiger partial charge in [0.25, 0.3) is 0 Å². The molecule has 0 bridgehead atoms. The van der Waals surface area contributed by atoms with Gasteiger partial charge in [-0.25, -0.2) is 4.79 Å². The number of carbonyl (C=O) groups excluding carboxylic acids is 1. The summed E-state index contributed by atoms with van der Waals surface area (Å²) in [5, 5.41) is 8.98. The first-order chi connectivity index (χ1) is 8.90. The Labute approximate surface area is 110 Å². The van der Waals surface area contributed by atoms with Gasteiger partial charge < -0.3 is 15.4 Å². The van der Waals surface area contributed by atoms with Gasteiger partial charge in [-0.15, -0.1) is 0 Å². The second kappa shape index (κ2) is 4.61. The zero-order valence-corrected chi connectivity index (χ0v) is 10.7. The monoisotopic (exact) mass is 258 g/mol. The summed E-state index contributed by atoms with van der Waals surface area (Å²) in [6.07, 6.45) is 1.51. The number of rotatable bonds is 3. The number of hydrogen-bond acceptors (Lipinski definition) is 3. The smallest absolute Gasteiger partial charge is 0.352 e. The normalized spacial score (nSPS) is 10.4. The van der Waals surface area contributed by atoms with Gasteiger partial charge in [0.2, 0.25) is 0 Å². The molecule has 2 rings (SSSR count). The Bertz CT molecular complexity index is 671. The first-order valence-corrected chi connectivity index (χ1v) is 5.70. The first kappa shape index (κ1) is 12.9. The maximum absolute atomic E-state index is 12.3. The second-order valence-electron chi connectivity index (χ2n) is 4.43. The van der Waals surface area contributed by atoms with Crippen molar-refractivity contribution in [3.63, 3.8) is 0 Å². The maximum atomic E-state index is 12.3. The summed E-state index contributed by atoms with van der Waals surface area (Å²) in [5.74, 6) is -1.29. The van der Waals surface area contributed by atoms with Crippen LogP contribution in [0.5, 0.6) is 0 Å². The number of carboxylic acids is 1. The molecule has 0 aliphatic heterocycles. The number of carboxylic acid groups (broad SMARTS) is 1. The molecule has 1 heterocycles. The fourth-order valence-corrected chi connectivity index (χ4v) is 1.94. The molecule has 0 saturated heterocycles. The number of benzene rings is 1. The fraction of sp³-hybridized carbons (Fsp3) is 0.143. The molecule has 0 aliphatic rings. The van der Waals surface area contributed by atoms with Gasteiger partial charge in [-0.3, -0.25) is 4.79 Å². The van der Waals surface area contributed by atoms with Gasteiger partial charge in [-0.2, -0.15) is 0 Å². The molecule has 2 aromatic rings. The molecular formula is C14H14N2O3. The lowest BCUT2D eigenvalue weighted by Gasteiger charge is -2.04. The van der Waals surface area contributed by atoms with E-state index >= 15 is 0 Å². The highest BCUT2D eigenvalue weighted by Crippen LogP contribution is 2.18. The Morgan fingerprint density at radius 1 is 1.26 bits per heavy atom. The second-order valence-corrected chi connectivity index (χ2v) is 4.43. The van der Waals surface area contributed by atoms with Crippen LogP contribution >= 0.6 is 0 Å². The maximum Gasteiger partial charge on any atom is 0.352 e. The van der Waals surface area contributed by atoms with E-state index in [1.165, 1.54) is 16.8 Å². The zero-order valence-electron chi connectivity index (χ0n) is 10.7. The van der Waals surface area contributed by atoms with Crippen molar-refractivity contribution in [1.29, 1.82) is 0 Å². The van der Waals surface area contributed by atoms with Gasteiger partial charge in [-0.05, 0) is 30.7 Å². The summed E-state index contributed by atoms with van der Waals surface area (Å²) in [4.78, 5) is 23.3. The summed E-state index contributed by atoms with van der Waals surface area (Å²) in [5.41, 5.74) is 7.89. The predicted molar refractivity (Wildman–Crippen MR) is 71.4 cm³/mol. The van der Waals surface area contributed by atoms with Crippen molar-refractivity contribution in [2.75, 3.05) is 5.73 Å². The van der Waals surface area contributed by atoms with Crippen LogP contribution in [0.25, 0.3) is 0 Å². The number of aromatic nitrogens is 1. The van der Waals surface area contributed by atoms with Gasteiger partial charge in [0.05, 0.1) is 0 Å². The van der Waals surface area contributed by atoms with E-state index in [0.717, 1.165) is 5.56 Å². The minimum absolute atomic E-state index is 0.0740. The highest BCUT2D eigenvalue weighted by molar-refractivity contribution is 6.11. The molecule has 1 aromatic heterocycles. The molecule has 0 amide bonds. The number of nitrogens with two attached hydrogens (primary N) is 1. The molecule has 0 saturated carbocycles. The lowest BCUT2D eigenvalue weighted by Crippen LogP contribution is -2.03. The van der Waals surface area contributed by atoms with Gasteiger partial charge >= 0.3 is 5.97 Å². The van der Waals surface area contributed by atoms with Crippen molar-refractivity contribution in [2.45, 2.75) is 6.92 Å². The quantitative estimate of drug-likeness (QED) is 0.649. The number of aromatic carboxylic acids is 1. The van der Waals surface area contributed by atoms with E-state index in [1.54, 1.807) is 25.2 Å². The first-order valence-electron chi connectivity index (χ1n) is 5.70. The average molecular weight is 258 g/mol. The van der Waals surface area contributed by atoms with Crippen LogP contribution in [0.15, 0.2) is 30.5 Å². The lowest BCUT2D eigenvalue weighted by atomic mass is 10.00. The summed E-state index contributed by atoms with van der Waals surface area (Å²) in [6, 6.07) is 6.46. The van der Waals surface area contributed by atoms with Crippen LogP contribution in [-0.4, -0.2) is 21.4 Å². The highest BCUT2D eigenvalue weighted by atomic mass is 16.4. The van der Waals surface area contributed by atoms with Crippen LogP contribution in [0, 0.1) is 6.92 Å². The SMILES string of the molecule is Cc1ccc(N)cc1C(=O)c1cc(C(=O)O)n(C)c1. The van der Waals surface area contributed by atoms with E-state index < -0.39 is 5.97 Å². The van der Waals surface area contributed by atoms with Crippen LogP contribution in [-0.2, 0) is 7.05 Å². The van der Waals surface area contributed by atoms with Gasteiger partial charge in [-0.1, -0.05) is 6.07 Å². The Hall–Kier alpha value is -2.56. The number of hydrogen-bond donors (Lipinski definition) is 2. The summed E-state index contributed by atoms with van der Waals surface area (Å²) < 4.78 is 1.41. The fourth-order valence-electron chi connectivity index (χ4n) is 1.94. The van der Waals surface area contributed by atoms with E-state index in [2.05, 4.69) is 0 Å². The molecule has 98 valence electrons. The molecule has 19 heavy (non-hydrogen) atoms. The van der Waals surface area contributed by atoms with E-state index in [-0.39, 0.29) is 11.5 Å². The number of carbonyl (C=O) groups is 2. The molecule has 0 spiro atoms. The zero-order chi connectivity index (χ0) is 14.2. The lowest BCUT2D eigenvalue weighted by molar-refractivity contribution is 0.0686. The number of anilines is 1. The Balaban J connectivity index is 2.47. The predicted octanol–water partition coefficient (Wildman–Crippen LogP) is 1.84. The standard InChI is InChI=1S/C14H14N2O3/c1-8-3-4-10(15)6-11(8)13(17)9-5-12(14(18)19)16(2)7-9/h3-7H,15H2,1-2H3,(H,18,19). The van der Waals surface area contributed by atoms with Crippen LogP contribution in [0.3, 0.4) is 0 Å². The van der Waals surface area contributed by atoms with Gasteiger partial charge in [0.1, 0.15) is 5.69 Å². The largest absolute Gasteiger partial charge is 0.477 e. The number of ketones is 1.